The Hall–Kier alpha value is -6.07. The summed E-state index contributed by atoms with van der Waals surface area (Å²) in [6.07, 6.45) is 4.23. The summed E-state index contributed by atoms with van der Waals surface area (Å²) in [5.41, 5.74) is 2.61. The van der Waals surface area contributed by atoms with Crippen LogP contribution in [0.4, 0.5) is 4.79 Å². The van der Waals surface area contributed by atoms with Crippen LogP contribution in [0, 0.1) is 5.41 Å². The second-order valence-corrected chi connectivity index (χ2v) is 12.1. The van der Waals surface area contributed by atoms with E-state index in [2.05, 4.69) is 32.5 Å². The standard InChI is InChI=1S/C38H35N7O4/c1-44-18-14-29(15-19-44)42-36(46)34-22-26-12-13-27(35(39)43-38(47)49-30-9-3-2-4-10-30)23-33(26)45(34)24-28-21-31(48-37-40-16-7-17-41-37)20-25-8-5-6-11-32(25)28/h2-13,16-17,20-23,29H,14-15,18-19,24H2,1H3,(H,42,46)(H2,39,43,47). The molecule has 6 aromatic rings. The van der Waals surface area contributed by atoms with Gasteiger partial charge in [0, 0.05) is 41.4 Å². The number of likely N-dealkylation sites (tertiary alicyclic amines) is 1. The van der Waals surface area contributed by atoms with Gasteiger partial charge in [-0.2, -0.15) is 0 Å². The van der Waals surface area contributed by atoms with E-state index < -0.39 is 6.09 Å². The summed E-state index contributed by atoms with van der Waals surface area (Å²) in [5, 5.41) is 17.3. The molecule has 7 rings (SSSR count). The molecule has 246 valence electrons. The van der Waals surface area contributed by atoms with Crippen LogP contribution < -0.4 is 20.1 Å². The molecule has 49 heavy (non-hydrogen) atoms. The molecule has 0 radical (unpaired) electrons. The molecule has 4 aromatic carbocycles. The number of piperidine rings is 1. The van der Waals surface area contributed by atoms with Crippen LogP contribution in [0.3, 0.4) is 0 Å². The number of hydrogen-bond donors (Lipinski definition) is 3. The van der Waals surface area contributed by atoms with Gasteiger partial charge in [-0.1, -0.05) is 54.6 Å². The molecule has 0 aliphatic carbocycles. The van der Waals surface area contributed by atoms with Crippen LogP contribution in [0.25, 0.3) is 21.7 Å². The minimum absolute atomic E-state index is 0.0714. The number of hydrogen-bond acceptors (Lipinski definition) is 8. The fourth-order valence-corrected chi connectivity index (χ4v) is 6.14. The third-order valence-electron chi connectivity index (χ3n) is 8.66. The lowest BCUT2D eigenvalue weighted by Gasteiger charge is -2.29. The first-order valence-corrected chi connectivity index (χ1v) is 16.1. The van der Waals surface area contributed by atoms with Crippen molar-refractivity contribution in [3.8, 4) is 17.5 Å². The highest BCUT2D eigenvalue weighted by atomic mass is 16.6. The van der Waals surface area contributed by atoms with Gasteiger partial charge >= 0.3 is 12.1 Å². The van der Waals surface area contributed by atoms with Gasteiger partial charge in [-0.25, -0.2) is 14.8 Å². The Balaban J connectivity index is 1.25. The predicted molar refractivity (Wildman–Crippen MR) is 188 cm³/mol. The summed E-state index contributed by atoms with van der Waals surface area (Å²) < 4.78 is 13.4. The third kappa shape index (κ3) is 7.26. The quantitative estimate of drug-likeness (QED) is 0.129. The van der Waals surface area contributed by atoms with Gasteiger partial charge in [-0.05, 0) is 91.8 Å². The minimum Gasteiger partial charge on any atom is -0.424 e. The molecule has 3 N–H and O–H groups in total. The number of amidine groups is 1. The van der Waals surface area contributed by atoms with E-state index in [-0.39, 0.29) is 23.8 Å². The van der Waals surface area contributed by atoms with Crippen LogP contribution in [0.15, 0.2) is 109 Å². The highest BCUT2D eigenvalue weighted by molar-refractivity contribution is 6.07. The monoisotopic (exact) mass is 653 g/mol. The number of carbonyl (C=O) groups is 2. The van der Waals surface area contributed by atoms with Gasteiger partial charge < -0.3 is 24.3 Å². The van der Waals surface area contributed by atoms with E-state index in [0.717, 1.165) is 53.2 Å². The van der Waals surface area contributed by atoms with Crippen molar-refractivity contribution in [1.82, 2.24) is 30.1 Å². The molecule has 0 saturated carbocycles. The highest BCUT2D eigenvalue weighted by Crippen LogP contribution is 2.31. The van der Waals surface area contributed by atoms with Gasteiger partial charge in [-0.15, -0.1) is 0 Å². The number of benzene rings is 4. The number of rotatable bonds is 8. The molecule has 0 bridgehead atoms. The molecule has 1 aliphatic rings. The van der Waals surface area contributed by atoms with Gasteiger partial charge in [-0.3, -0.25) is 15.5 Å². The average molecular weight is 654 g/mol. The van der Waals surface area contributed by atoms with Crippen molar-refractivity contribution in [2.45, 2.75) is 25.4 Å². The van der Waals surface area contributed by atoms with Gasteiger partial charge in [0.1, 0.15) is 23.0 Å². The van der Waals surface area contributed by atoms with Crippen molar-refractivity contribution >= 4 is 39.5 Å². The van der Waals surface area contributed by atoms with Crippen LogP contribution in [-0.4, -0.2) is 63.5 Å². The van der Waals surface area contributed by atoms with Gasteiger partial charge in [0.15, 0.2) is 0 Å². The van der Waals surface area contributed by atoms with E-state index >= 15 is 0 Å². The van der Waals surface area contributed by atoms with Gasteiger partial charge in [0.05, 0.1) is 0 Å². The average Bonchev–Trinajstić information content (AvgIpc) is 3.47. The zero-order valence-electron chi connectivity index (χ0n) is 26.9. The lowest BCUT2D eigenvalue weighted by Crippen LogP contribution is -2.43. The largest absolute Gasteiger partial charge is 0.424 e. The van der Waals surface area contributed by atoms with Crippen molar-refractivity contribution < 1.29 is 19.1 Å². The fraction of sp³-hybridized carbons (Fsp3) is 0.184. The van der Waals surface area contributed by atoms with Crippen molar-refractivity contribution in [2.24, 2.45) is 0 Å². The maximum absolute atomic E-state index is 14.0. The number of carbonyl (C=O) groups excluding carboxylic acids is 2. The van der Waals surface area contributed by atoms with Crippen LogP contribution in [-0.2, 0) is 6.54 Å². The van der Waals surface area contributed by atoms with E-state index in [1.165, 1.54) is 0 Å². The molecule has 11 heteroatoms. The molecule has 11 nitrogen and oxygen atoms in total. The van der Waals surface area contributed by atoms with Crippen LogP contribution in [0.1, 0.15) is 34.5 Å². The summed E-state index contributed by atoms with van der Waals surface area (Å²) in [6.45, 7) is 2.17. The van der Waals surface area contributed by atoms with E-state index in [1.54, 1.807) is 48.8 Å². The van der Waals surface area contributed by atoms with Gasteiger partial charge in [0.25, 0.3) is 5.91 Å². The topological polar surface area (TPSA) is 134 Å². The summed E-state index contributed by atoms with van der Waals surface area (Å²) in [4.78, 5) is 37.3. The SMILES string of the molecule is CN1CCC(NC(=O)c2cc3ccc(C(=N)NC(=O)Oc4ccccc4)cc3n2Cc2cc(Oc3ncccn3)cc3ccccc23)CC1. The number of aromatic nitrogens is 3. The summed E-state index contributed by atoms with van der Waals surface area (Å²) in [7, 11) is 2.09. The first-order chi connectivity index (χ1) is 23.9. The molecular weight excluding hydrogens is 618 g/mol. The van der Waals surface area contributed by atoms with Crippen molar-refractivity contribution in [1.29, 1.82) is 5.41 Å². The zero-order chi connectivity index (χ0) is 33.7. The number of nitrogens with one attached hydrogen (secondary N) is 3. The van der Waals surface area contributed by atoms with Crippen molar-refractivity contribution in [2.75, 3.05) is 20.1 Å². The molecule has 1 fully saturated rings. The minimum atomic E-state index is -0.768. The Morgan fingerprint density at radius 1 is 0.857 bits per heavy atom. The number of nitrogens with zero attached hydrogens (tertiary/aromatic N) is 4. The molecule has 2 aromatic heterocycles. The Morgan fingerprint density at radius 2 is 1.61 bits per heavy atom. The maximum Gasteiger partial charge on any atom is 0.418 e. The van der Waals surface area contributed by atoms with E-state index in [4.69, 9.17) is 14.9 Å². The fourth-order valence-electron chi connectivity index (χ4n) is 6.14. The van der Waals surface area contributed by atoms with E-state index in [1.807, 2.05) is 65.2 Å². The first kappa shape index (κ1) is 31.5. The first-order valence-electron chi connectivity index (χ1n) is 16.1. The Kier molecular flexibility index (Phi) is 8.98. The Bertz CT molecular complexity index is 2140. The number of amides is 2. The predicted octanol–water partition coefficient (Wildman–Crippen LogP) is 6.36. The van der Waals surface area contributed by atoms with Crippen LogP contribution in [0.5, 0.6) is 17.5 Å². The summed E-state index contributed by atoms with van der Waals surface area (Å²) in [6, 6.07) is 29.9. The second kappa shape index (κ2) is 14.0. The third-order valence-corrected chi connectivity index (χ3v) is 8.66. The molecule has 1 aliphatic heterocycles. The zero-order valence-corrected chi connectivity index (χ0v) is 26.9. The van der Waals surface area contributed by atoms with E-state index in [9.17, 15) is 9.59 Å². The number of fused-ring (bicyclic) bond motifs is 2. The lowest BCUT2D eigenvalue weighted by molar-refractivity contribution is 0.0908. The summed E-state index contributed by atoms with van der Waals surface area (Å²) >= 11 is 0. The lowest BCUT2D eigenvalue weighted by atomic mass is 10.0. The van der Waals surface area contributed by atoms with E-state index in [0.29, 0.717) is 29.3 Å². The normalized spacial score (nSPS) is 13.7. The Labute approximate surface area is 283 Å². The molecule has 1 saturated heterocycles. The smallest absolute Gasteiger partial charge is 0.418 e. The Morgan fingerprint density at radius 3 is 2.41 bits per heavy atom. The van der Waals surface area contributed by atoms with Crippen LogP contribution >= 0.6 is 0 Å². The molecule has 0 atom stereocenters. The van der Waals surface area contributed by atoms with Crippen LogP contribution in [0.2, 0.25) is 0 Å². The molecular formula is C38H35N7O4. The van der Waals surface area contributed by atoms with Crippen molar-refractivity contribution in [3.63, 3.8) is 0 Å². The molecule has 3 heterocycles. The van der Waals surface area contributed by atoms with Gasteiger partial charge in [0.2, 0.25) is 0 Å². The molecule has 2 amide bonds. The highest BCUT2D eigenvalue weighted by Gasteiger charge is 2.23. The molecule has 0 spiro atoms. The summed E-state index contributed by atoms with van der Waals surface area (Å²) in [5.74, 6) is 0.643. The number of para-hydroxylation sites is 1. The second-order valence-electron chi connectivity index (χ2n) is 12.1. The van der Waals surface area contributed by atoms with Crippen molar-refractivity contribution in [3.05, 3.63) is 126 Å². The maximum atomic E-state index is 14.0. The number of ether oxygens (including phenoxy) is 2. The molecule has 0 unspecified atom stereocenters.